The van der Waals surface area contributed by atoms with Gasteiger partial charge in [-0.25, -0.2) is 15.0 Å². The predicted molar refractivity (Wildman–Crippen MR) is 71.1 cm³/mol. The van der Waals surface area contributed by atoms with Gasteiger partial charge in [-0.2, -0.15) is 0 Å². The summed E-state index contributed by atoms with van der Waals surface area (Å²) in [6.45, 7) is 0.174. The van der Waals surface area contributed by atoms with Crippen molar-refractivity contribution in [3.05, 3.63) is 53.7 Å². The number of carbonyl (C=O) groups is 1. The molecular weight excluding hydrogens is 264 g/mol. The Morgan fingerprint density at radius 3 is 2.74 bits per heavy atom. The highest BCUT2D eigenvalue weighted by molar-refractivity contribution is 6.33. The van der Waals surface area contributed by atoms with Gasteiger partial charge >= 0.3 is 0 Å². The number of fused-ring (bicyclic) bond motifs is 1. The summed E-state index contributed by atoms with van der Waals surface area (Å²) in [4.78, 5) is 24.2. The molecule has 94 valence electrons. The molecular formula is C13H9ClN4O. The molecule has 0 fully saturated rings. The highest BCUT2D eigenvalue weighted by atomic mass is 35.5. The van der Waals surface area contributed by atoms with E-state index >= 15 is 0 Å². The monoisotopic (exact) mass is 272 g/mol. The number of Topliss-reactive ketones (excluding diaryl/α,β-unsaturated/α-hetero) is 1. The highest BCUT2D eigenvalue weighted by Crippen LogP contribution is 2.17. The van der Waals surface area contributed by atoms with Crippen LogP contribution < -0.4 is 0 Å². The summed E-state index contributed by atoms with van der Waals surface area (Å²) in [6, 6.07) is 9.10. The molecule has 0 aliphatic carbocycles. The summed E-state index contributed by atoms with van der Waals surface area (Å²) in [5, 5.41) is 0.288. The third kappa shape index (κ3) is 2.20. The highest BCUT2D eigenvalue weighted by Gasteiger charge is 2.12. The van der Waals surface area contributed by atoms with Gasteiger partial charge in [0.1, 0.15) is 11.8 Å². The third-order valence-electron chi connectivity index (χ3n) is 2.77. The van der Waals surface area contributed by atoms with E-state index in [1.165, 1.54) is 6.33 Å². The van der Waals surface area contributed by atoms with E-state index in [0.29, 0.717) is 16.7 Å². The predicted octanol–water partition coefficient (Wildman–Crippen LogP) is 2.36. The van der Waals surface area contributed by atoms with Crippen molar-refractivity contribution in [2.24, 2.45) is 0 Å². The Morgan fingerprint density at radius 2 is 1.95 bits per heavy atom. The van der Waals surface area contributed by atoms with Crippen molar-refractivity contribution in [3.8, 4) is 0 Å². The summed E-state index contributed by atoms with van der Waals surface area (Å²) >= 11 is 5.91. The first kappa shape index (κ1) is 11.8. The standard InChI is InChI=1S/C13H9ClN4O/c14-12-11-13(16-7-15-12)18(8-17-11)6-10(19)9-4-2-1-3-5-9/h1-5,7-8H,6H2. The molecule has 0 bridgehead atoms. The molecule has 0 unspecified atom stereocenters. The van der Waals surface area contributed by atoms with Crippen LogP contribution in [-0.4, -0.2) is 25.3 Å². The van der Waals surface area contributed by atoms with E-state index in [1.54, 1.807) is 23.0 Å². The molecule has 3 aromatic rings. The normalized spacial score (nSPS) is 10.8. The molecule has 3 rings (SSSR count). The molecule has 6 heteroatoms. The quantitative estimate of drug-likeness (QED) is 0.542. The maximum absolute atomic E-state index is 12.1. The minimum Gasteiger partial charge on any atom is -0.307 e. The van der Waals surface area contributed by atoms with Crippen LogP contribution in [0.25, 0.3) is 11.2 Å². The first-order valence-electron chi connectivity index (χ1n) is 5.65. The van der Waals surface area contributed by atoms with Crippen molar-refractivity contribution in [2.45, 2.75) is 6.54 Å². The van der Waals surface area contributed by atoms with E-state index < -0.39 is 0 Å². The third-order valence-corrected chi connectivity index (χ3v) is 3.04. The summed E-state index contributed by atoms with van der Waals surface area (Å²) in [5.41, 5.74) is 1.72. The van der Waals surface area contributed by atoms with E-state index in [2.05, 4.69) is 15.0 Å². The summed E-state index contributed by atoms with van der Waals surface area (Å²) in [5.74, 6) is -0.00497. The molecule has 2 aromatic heterocycles. The topological polar surface area (TPSA) is 60.7 Å². The lowest BCUT2D eigenvalue weighted by atomic mass is 10.1. The van der Waals surface area contributed by atoms with Crippen molar-refractivity contribution in [1.29, 1.82) is 0 Å². The fourth-order valence-electron chi connectivity index (χ4n) is 1.84. The second-order valence-corrected chi connectivity index (χ2v) is 4.36. The molecule has 2 heterocycles. The number of halogens is 1. The molecule has 0 aliphatic rings. The summed E-state index contributed by atoms with van der Waals surface area (Å²) < 4.78 is 1.66. The van der Waals surface area contributed by atoms with Gasteiger partial charge in [0.25, 0.3) is 0 Å². The van der Waals surface area contributed by atoms with E-state index in [1.807, 2.05) is 18.2 Å². The van der Waals surface area contributed by atoms with Crippen molar-refractivity contribution in [1.82, 2.24) is 19.5 Å². The molecule has 5 nitrogen and oxygen atoms in total. The summed E-state index contributed by atoms with van der Waals surface area (Å²) in [7, 11) is 0. The Balaban J connectivity index is 1.94. The maximum atomic E-state index is 12.1. The van der Waals surface area contributed by atoms with Crippen LogP contribution in [0.4, 0.5) is 0 Å². The fourth-order valence-corrected chi connectivity index (χ4v) is 2.01. The Kier molecular flexibility index (Phi) is 2.97. The van der Waals surface area contributed by atoms with Gasteiger partial charge in [0.05, 0.1) is 12.9 Å². The fraction of sp³-hybridized carbons (Fsp3) is 0.0769. The largest absolute Gasteiger partial charge is 0.307 e. The lowest BCUT2D eigenvalue weighted by molar-refractivity contribution is 0.0973. The van der Waals surface area contributed by atoms with Gasteiger partial charge in [-0.15, -0.1) is 0 Å². The van der Waals surface area contributed by atoms with Crippen LogP contribution in [-0.2, 0) is 6.54 Å². The Bertz CT molecular complexity index is 739. The maximum Gasteiger partial charge on any atom is 0.182 e. The average Bonchev–Trinajstić information content (AvgIpc) is 2.84. The average molecular weight is 273 g/mol. The molecule has 0 spiro atoms. The zero-order chi connectivity index (χ0) is 13.2. The molecule has 0 amide bonds. The van der Waals surface area contributed by atoms with Crippen LogP contribution >= 0.6 is 11.6 Å². The second-order valence-electron chi connectivity index (χ2n) is 4.00. The Morgan fingerprint density at radius 1 is 1.16 bits per heavy atom. The number of carbonyl (C=O) groups excluding carboxylic acids is 1. The van der Waals surface area contributed by atoms with E-state index in [0.717, 1.165) is 0 Å². The molecule has 0 atom stereocenters. The second kappa shape index (κ2) is 4.78. The number of imidazole rings is 1. The van der Waals surface area contributed by atoms with Gasteiger partial charge in [0.2, 0.25) is 0 Å². The number of hydrogen-bond donors (Lipinski definition) is 0. The number of hydrogen-bond acceptors (Lipinski definition) is 4. The minimum atomic E-state index is -0.00497. The SMILES string of the molecule is O=C(Cn1cnc2c(Cl)ncnc21)c1ccccc1. The van der Waals surface area contributed by atoms with E-state index in [9.17, 15) is 4.79 Å². The Hall–Kier alpha value is -2.27. The smallest absolute Gasteiger partial charge is 0.182 e. The van der Waals surface area contributed by atoms with Crippen molar-refractivity contribution < 1.29 is 4.79 Å². The van der Waals surface area contributed by atoms with Gasteiger partial charge in [0.15, 0.2) is 16.6 Å². The van der Waals surface area contributed by atoms with E-state index in [-0.39, 0.29) is 17.5 Å². The molecule has 0 radical (unpaired) electrons. The number of aromatic nitrogens is 4. The summed E-state index contributed by atoms with van der Waals surface area (Å²) in [6.07, 6.45) is 2.90. The van der Waals surface area contributed by atoms with Gasteiger partial charge in [-0.1, -0.05) is 41.9 Å². The van der Waals surface area contributed by atoms with Gasteiger partial charge < -0.3 is 4.57 Å². The molecule has 0 saturated carbocycles. The van der Waals surface area contributed by atoms with E-state index in [4.69, 9.17) is 11.6 Å². The van der Waals surface area contributed by atoms with Crippen LogP contribution in [0.5, 0.6) is 0 Å². The number of nitrogens with zero attached hydrogens (tertiary/aromatic N) is 4. The zero-order valence-electron chi connectivity index (χ0n) is 9.82. The number of benzene rings is 1. The lowest BCUT2D eigenvalue weighted by Crippen LogP contribution is -2.10. The first-order valence-corrected chi connectivity index (χ1v) is 6.03. The Labute approximate surface area is 113 Å². The minimum absolute atomic E-state index is 0.00497. The molecule has 0 aliphatic heterocycles. The van der Waals surface area contributed by atoms with Crippen molar-refractivity contribution >= 4 is 28.5 Å². The van der Waals surface area contributed by atoms with Crippen LogP contribution in [0.1, 0.15) is 10.4 Å². The van der Waals surface area contributed by atoms with Crippen molar-refractivity contribution in [3.63, 3.8) is 0 Å². The van der Waals surface area contributed by atoms with Gasteiger partial charge in [-0.3, -0.25) is 4.79 Å². The van der Waals surface area contributed by atoms with Gasteiger partial charge in [0, 0.05) is 5.56 Å². The number of rotatable bonds is 3. The van der Waals surface area contributed by atoms with Crippen molar-refractivity contribution in [2.75, 3.05) is 0 Å². The van der Waals surface area contributed by atoms with Crippen LogP contribution in [0.15, 0.2) is 43.0 Å². The van der Waals surface area contributed by atoms with Crippen LogP contribution in [0.3, 0.4) is 0 Å². The zero-order valence-corrected chi connectivity index (χ0v) is 10.6. The lowest BCUT2D eigenvalue weighted by Gasteiger charge is -2.03. The van der Waals surface area contributed by atoms with Gasteiger partial charge in [-0.05, 0) is 0 Å². The first-order chi connectivity index (χ1) is 9.25. The molecule has 19 heavy (non-hydrogen) atoms. The van der Waals surface area contributed by atoms with Crippen LogP contribution in [0.2, 0.25) is 5.15 Å². The molecule has 0 saturated heterocycles. The molecule has 1 aromatic carbocycles. The van der Waals surface area contributed by atoms with Crippen LogP contribution in [0, 0.1) is 0 Å². The number of ketones is 1. The molecule has 0 N–H and O–H groups in total.